The third-order valence-electron chi connectivity index (χ3n) is 4.51. The van der Waals surface area contributed by atoms with E-state index in [4.69, 9.17) is 10.3 Å². The van der Waals surface area contributed by atoms with Crippen LogP contribution in [0.4, 0.5) is 0 Å². The fourth-order valence-electron chi connectivity index (χ4n) is 3.27. The number of hydrogen-bond acceptors (Lipinski definition) is 4. The van der Waals surface area contributed by atoms with Crippen LogP contribution in [0.1, 0.15) is 68.6 Å². The van der Waals surface area contributed by atoms with Crippen LogP contribution >= 0.6 is 0 Å². The SMILES string of the molecule is CC(C)c1nc(C2(N)CCCCC2c2ccccc2)no1. The highest BCUT2D eigenvalue weighted by atomic mass is 16.5. The van der Waals surface area contributed by atoms with Crippen LogP contribution in [0, 0.1) is 0 Å². The molecule has 2 unspecified atom stereocenters. The topological polar surface area (TPSA) is 64.9 Å². The summed E-state index contributed by atoms with van der Waals surface area (Å²) in [4.78, 5) is 4.58. The van der Waals surface area contributed by atoms with Crippen LogP contribution in [0.3, 0.4) is 0 Å². The van der Waals surface area contributed by atoms with Gasteiger partial charge in [0, 0.05) is 11.8 Å². The molecule has 1 heterocycles. The van der Waals surface area contributed by atoms with Gasteiger partial charge in [-0.2, -0.15) is 4.98 Å². The zero-order chi connectivity index (χ0) is 14.9. The van der Waals surface area contributed by atoms with Crippen molar-refractivity contribution in [1.29, 1.82) is 0 Å². The van der Waals surface area contributed by atoms with Gasteiger partial charge in [0.1, 0.15) is 0 Å². The molecule has 2 atom stereocenters. The van der Waals surface area contributed by atoms with Gasteiger partial charge in [0.15, 0.2) is 5.82 Å². The average Bonchev–Trinajstić information content (AvgIpc) is 2.99. The summed E-state index contributed by atoms with van der Waals surface area (Å²) >= 11 is 0. The van der Waals surface area contributed by atoms with Crippen LogP contribution < -0.4 is 5.73 Å². The lowest BCUT2D eigenvalue weighted by molar-refractivity contribution is 0.232. The Morgan fingerprint density at radius 3 is 2.67 bits per heavy atom. The van der Waals surface area contributed by atoms with Crippen molar-refractivity contribution in [3.63, 3.8) is 0 Å². The molecule has 0 aliphatic heterocycles. The monoisotopic (exact) mass is 285 g/mol. The van der Waals surface area contributed by atoms with E-state index in [2.05, 4.69) is 48.3 Å². The molecule has 21 heavy (non-hydrogen) atoms. The first-order valence-corrected chi connectivity index (χ1v) is 7.79. The summed E-state index contributed by atoms with van der Waals surface area (Å²) in [6.07, 6.45) is 4.30. The van der Waals surface area contributed by atoms with Crippen LogP contribution in [-0.2, 0) is 5.54 Å². The molecule has 4 nitrogen and oxygen atoms in total. The maximum Gasteiger partial charge on any atom is 0.229 e. The minimum absolute atomic E-state index is 0.230. The summed E-state index contributed by atoms with van der Waals surface area (Å²) in [5, 5.41) is 4.20. The second-order valence-corrected chi connectivity index (χ2v) is 6.36. The third kappa shape index (κ3) is 2.60. The molecule has 2 aromatic rings. The van der Waals surface area contributed by atoms with Crippen molar-refractivity contribution in [3.8, 4) is 0 Å². The number of nitrogens with two attached hydrogens (primary N) is 1. The van der Waals surface area contributed by atoms with Crippen LogP contribution in [-0.4, -0.2) is 10.1 Å². The van der Waals surface area contributed by atoms with Crippen molar-refractivity contribution < 1.29 is 4.52 Å². The lowest BCUT2D eigenvalue weighted by Crippen LogP contribution is -2.46. The molecular formula is C17H23N3O. The summed E-state index contributed by atoms with van der Waals surface area (Å²) in [5.41, 5.74) is 7.54. The molecule has 4 heteroatoms. The Labute approximate surface area is 125 Å². The van der Waals surface area contributed by atoms with E-state index in [9.17, 15) is 0 Å². The maximum absolute atomic E-state index is 6.79. The van der Waals surface area contributed by atoms with Crippen molar-refractivity contribution in [2.75, 3.05) is 0 Å². The van der Waals surface area contributed by atoms with E-state index in [1.165, 1.54) is 12.0 Å². The minimum Gasteiger partial charge on any atom is -0.339 e. The average molecular weight is 285 g/mol. The van der Waals surface area contributed by atoms with Gasteiger partial charge in [-0.25, -0.2) is 0 Å². The predicted octanol–water partition coefficient (Wildman–Crippen LogP) is 3.70. The summed E-state index contributed by atoms with van der Waals surface area (Å²) in [6, 6.07) is 10.5. The normalized spacial score (nSPS) is 26.2. The molecule has 1 saturated carbocycles. The summed E-state index contributed by atoms with van der Waals surface area (Å²) < 4.78 is 5.39. The second-order valence-electron chi connectivity index (χ2n) is 6.36. The number of aromatic nitrogens is 2. The molecular weight excluding hydrogens is 262 g/mol. The first-order chi connectivity index (χ1) is 10.1. The highest BCUT2D eigenvalue weighted by Gasteiger charge is 2.43. The molecule has 1 aliphatic rings. The Balaban J connectivity index is 1.98. The van der Waals surface area contributed by atoms with Crippen LogP contribution in [0.15, 0.2) is 34.9 Å². The predicted molar refractivity (Wildman–Crippen MR) is 81.9 cm³/mol. The van der Waals surface area contributed by atoms with E-state index < -0.39 is 5.54 Å². The third-order valence-corrected chi connectivity index (χ3v) is 4.51. The summed E-state index contributed by atoms with van der Waals surface area (Å²) in [6.45, 7) is 4.10. The fourth-order valence-corrected chi connectivity index (χ4v) is 3.27. The van der Waals surface area contributed by atoms with Crippen molar-refractivity contribution in [3.05, 3.63) is 47.6 Å². The van der Waals surface area contributed by atoms with Gasteiger partial charge in [0.25, 0.3) is 0 Å². The fraction of sp³-hybridized carbons (Fsp3) is 0.529. The summed E-state index contributed by atoms with van der Waals surface area (Å²) in [5.74, 6) is 1.82. The molecule has 1 aromatic carbocycles. The van der Waals surface area contributed by atoms with Gasteiger partial charge in [0.05, 0.1) is 5.54 Å². The minimum atomic E-state index is -0.518. The van der Waals surface area contributed by atoms with E-state index in [0.717, 1.165) is 19.3 Å². The lowest BCUT2D eigenvalue weighted by Gasteiger charge is -2.39. The van der Waals surface area contributed by atoms with Gasteiger partial charge in [-0.15, -0.1) is 0 Å². The van der Waals surface area contributed by atoms with Crippen LogP contribution in [0.25, 0.3) is 0 Å². The quantitative estimate of drug-likeness (QED) is 0.933. The molecule has 0 amide bonds. The lowest BCUT2D eigenvalue weighted by atomic mass is 9.69. The number of benzene rings is 1. The van der Waals surface area contributed by atoms with Crippen molar-refractivity contribution >= 4 is 0 Å². The number of rotatable bonds is 3. The van der Waals surface area contributed by atoms with Crippen molar-refractivity contribution in [2.45, 2.75) is 56.9 Å². The first kappa shape index (κ1) is 14.3. The molecule has 0 bridgehead atoms. The van der Waals surface area contributed by atoms with E-state index in [0.29, 0.717) is 11.7 Å². The Morgan fingerprint density at radius 1 is 1.24 bits per heavy atom. The Kier molecular flexibility index (Phi) is 3.81. The first-order valence-electron chi connectivity index (χ1n) is 7.79. The van der Waals surface area contributed by atoms with Crippen LogP contribution in [0.2, 0.25) is 0 Å². The Bertz CT molecular complexity index is 593. The van der Waals surface area contributed by atoms with Gasteiger partial charge in [-0.05, 0) is 18.4 Å². The number of hydrogen-bond donors (Lipinski definition) is 1. The maximum atomic E-state index is 6.79. The highest BCUT2D eigenvalue weighted by molar-refractivity contribution is 5.27. The Hall–Kier alpha value is -1.68. The van der Waals surface area contributed by atoms with Crippen molar-refractivity contribution in [2.24, 2.45) is 5.73 Å². The molecule has 0 spiro atoms. The van der Waals surface area contributed by atoms with Gasteiger partial charge in [0.2, 0.25) is 5.89 Å². The van der Waals surface area contributed by atoms with E-state index in [-0.39, 0.29) is 11.8 Å². The molecule has 1 fully saturated rings. The molecule has 2 N–H and O–H groups in total. The molecule has 1 aliphatic carbocycles. The van der Waals surface area contributed by atoms with E-state index >= 15 is 0 Å². The largest absolute Gasteiger partial charge is 0.339 e. The standard InChI is InChI=1S/C17H23N3O/c1-12(2)15-19-16(20-21-15)17(18)11-7-6-10-14(17)13-8-4-3-5-9-13/h3-5,8-9,12,14H,6-7,10-11,18H2,1-2H3. The van der Waals surface area contributed by atoms with Gasteiger partial charge < -0.3 is 10.3 Å². The Morgan fingerprint density at radius 2 is 2.00 bits per heavy atom. The van der Waals surface area contributed by atoms with E-state index in [1.807, 2.05) is 6.07 Å². The molecule has 0 saturated heterocycles. The molecule has 1 aromatic heterocycles. The zero-order valence-electron chi connectivity index (χ0n) is 12.7. The summed E-state index contributed by atoms with van der Waals surface area (Å²) in [7, 11) is 0. The van der Waals surface area contributed by atoms with Gasteiger partial charge >= 0.3 is 0 Å². The number of nitrogens with zero attached hydrogens (tertiary/aromatic N) is 2. The smallest absolute Gasteiger partial charge is 0.229 e. The molecule has 112 valence electrons. The molecule has 0 radical (unpaired) electrons. The van der Waals surface area contributed by atoms with Crippen molar-refractivity contribution in [1.82, 2.24) is 10.1 Å². The van der Waals surface area contributed by atoms with Crippen LogP contribution in [0.5, 0.6) is 0 Å². The highest BCUT2D eigenvalue weighted by Crippen LogP contribution is 2.44. The van der Waals surface area contributed by atoms with Gasteiger partial charge in [-0.3, -0.25) is 0 Å². The second kappa shape index (κ2) is 5.60. The zero-order valence-corrected chi connectivity index (χ0v) is 12.7. The van der Waals surface area contributed by atoms with Gasteiger partial charge in [-0.1, -0.05) is 62.2 Å². The van der Waals surface area contributed by atoms with E-state index in [1.54, 1.807) is 0 Å². The molecule has 3 rings (SSSR count).